The van der Waals surface area contributed by atoms with Crippen molar-refractivity contribution in [3.63, 3.8) is 0 Å². The number of aromatic nitrogens is 2. The summed E-state index contributed by atoms with van der Waals surface area (Å²) >= 11 is 7.41. The van der Waals surface area contributed by atoms with E-state index in [0.717, 1.165) is 33.1 Å². The molecule has 0 amide bonds. The first-order valence-corrected chi connectivity index (χ1v) is 11.6. The number of halogens is 1. The number of hydrogen-bond acceptors (Lipinski definition) is 6. The normalized spacial score (nSPS) is 12.0. The van der Waals surface area contributed by atoms with E-state index in [1.807, 2.05) is 24.3 Å². The number of nitrogens with one attached hydrogen (secondary N) is 1. The quantitative estimate of drug-likeness (QED) is 0.251. The summed E-state index contributed by atoms with van der Waals surface area (Å²) in [7, 11) is 0. The lowest BCUT2D eigenvalue weighted by atomic mass is 10.1. The molecule has 2 N–H and O–H groups in total. The third-order valence-electron chi connectivity index (χ3n) is 4.97. The molecule has 1 atom stereocenters. The molecule has 0 radical (unpaired) electrons. The Balaban J connectivity index is 1.24. The maximum atomic E-state index is 10.2. The van der Waals surface area contributed by atoms with E-state index < -0.39 is 6.10 Å². The molecule has 0 fully saturated rings. The summed E-state index contributed by atoms with van der Waals surface area (Å²) in [6.45, 7) is 3.61. The van der Waals surface area contributed by atoms with E-state index in [1.165, 1.54) is 5.56 Å². The zero-order valence-corrected chi connectivity index (χ0v) is 19.2. The maximum Gasteiger partial charge on any atom is 0.129 e. The van der Waals surface area contributed by atoms with E-state index in [0.29, 0.717) is 24.8 Å². The van der Waals surface area contributed by atoms with Crippen LogP contribution in [0.2, 0.25) is 5.15 Å². The standard InChI is InChI=1S/C25H24ClN3O2S/c1-17-2-4-19(5-3-17)25-29-22(16-32-25)18-6-9-21(10-7-18)31-13-12-27-15-23(30)20-8-11-24(26)28-14-20/h2-11,14,16,23,27,30H,12-13,15H2,1H3/t23-/m0/s1. The van der Waals surface area contributed by atoms with Gasteiger partial charge < -0.3 is 15.2 Å². The Morgan fingerprint density at radius 2 is 1.78 bits per heavy atom. The SMILES string of the molecule is Cc1ccc(-c2nc(-c3ccc(OCCNC[C@H](O)c4ccc(Cl)nc4)cc3)cs2)cc1. The fraction of sp³-hybridized carbons (Fsp3) is 0.200. The first kappa shape index (κ1) is 22.4. The van der Waals surface area contributed by atoms with E-state index in [4.69, 9.17) is 21.3 Å². The monoisotopic (exact) mass is 465 g/mol. The third-order valence-corrected chi connectivity index (χ3v) is 6.09. The van der Waals surface area contributed by atoms with Crippen LogP contribution in [0.4, 0.5) is 0 Å². The van der Waals surface area contributed by atoms with Crippen molar-refractivity contribution >= 4 is 22.9 Å². The molecule has 0 aliphatic carbocycles. The Kier molecular flexibility index (Phi) is 7.50. The minimum atomic E-state index is -0.637. The highest BCUT2D eigenvalue weighted by Crippen LogP contribution is 2.29. The molecule has 4 rings (SSSR count). The Hall–Kier alpha value is -2.77. The van der Waals surface area contributed by atoms with Crippen LogP contribution >= 0.6 is 22.9 Å². The summed E-state index contributed by atoms with van der Waals surface area (Å²) in [6.07, 6.45) is 0.945. The minimum Gasteiger partial charge on any atom is -0.492 e. The van der Waals surface area contributed by atoms with Crippen molar-refractivity contribution in [2.24, 2.45) is 0 Å². The number of nitrogens with zero attached hydrogens (tertiary/aromatic N) is 2. The van der Waals surface area contributed by atoms with Crippen molar-refractivity contribution in [1.82, 2.24) is 15.3 Å². The van der Waals surface area contributed by atoms with Crippen molar-refractivity contribution in [2.75, 3.05) is 19.7 Å². The summed E-state index contributed by atoms with van der Waals surface area (Å²) in [4.78, 5) is 8.76. The van der Waals surface area contributed by atoms with Crippen molar-refractivity contribution in [3.05, 3.63) is 88.5 Å². The number of hydrogen-bond donors (Lipinski definition) is 2. The molecule has 2 aromatic heterocycles. The molecule has 32 heavy (non-hydrogen) atoms. The molecule has 0 bridgehead atoms. The fourth-order valence-electron chi connectivity index (χ4n) is 3.14. The van der Waals surface area contributed by atoms with E-state index in [-0.39, 0.29) is 0 Å². The zero-order valence-electron chi connectivity index (χ0n) is 17.7. The summed E-state index contributed by atoms with van der Waals surface area (Å²) in [5, 5.41) is 16.9. The number of pyridine rings is 1. The Morgan fingerprint density at radius 1 is 1.03 bits per heavy atom. The Labute approximate surface area is 196 Å². The van der Waals surface area contributed by atoms with Crippen LogP contribution in [0.1, 0.15) is 17.2 Å². The number of aliphatic hydroxyl groups excluding tert-OH is 1. The molecule has 164 valence electrons. The van der Waals surface area contributed by atoms with Crippen LogP contribution in [0.3, 0.4) is 0 Å². The molecule has 0 unspecified atom stereocenters. The van der Waals surface area contributed by atoms with Gasteiger partial charge in [0.2, 0.25) is 0 Å². The lowest BCUT2D eigenvalue weighted by Gasteiger charge is -2.12. The van der Waals surface area contributed by atoms with Crippen LogP contribution in [0.25, 0.3) is 21.8 Å². The molecule has 4 aromatic rings. The molecule has 0 spiro atoms. The molecule has 5 nitrogen and oxygen atoms in total. The Bertz CT molecular complexity index is 1130. The van der Waals surface area contributed by atoms with E-state index in [2.05, 4.69) is 46.9 Å². The maximum absolute atomic E-state index is 10.2. The van der Waals surface area contributed by atoms with Gasteiger partial charge >= 0.3 is 0 Å². The first-order valence-electron chi connectivity index (χ1n) is 10.3. The van der Waals surface area contributed by atoms with Gasteiger partial charge in [0.15, 0.2) is 0 Å². The van der Waals surface area contributed by atoms with Crippen molar-refractivity contribution < 1.29 is 9.84 Å². The predicted molar refractivity (Wildman–Crippen MR) is 130 cm³/mol. The number of thiazole rings is 1. The average molecular weight is 466 g/mol. The first-order chi connectivity index (χ1) is 15.6. The largest absolute Gasteiger partial charge is 0.492 e. The highest BCUT2D eigenvalue weighted by Gasteiger charge is 2.08. The molecular formula is C25H24ClN3O2S. The summed E-state index contributed by atoms with van der Waals surface area (Å²) in [5.41, 5.74) is 5.13. The molecule has 2 heterocycles. The van der Waals surface area contributed by atoms with E-state index >= 15 is 0 Å². The lowest BCUT2D eigenvalue weighted by molar-refractivity contribution is 0.171. The van der Waals surface area contributed by atoms with Crippen LogP contribution < -0.4 is 10.1 Å². The van der Waals surface area contributed by atoms with Gasteiger partial charge in [-0.2, -0.15) is 0 Å². The van der Waals surface area contributed by atoms with Gasteiger partial charge in [0, 0.05) is 41.4 Å². The van der Waals surface area contributed by atoms with Crippen LogP contribution in [-0.4, -0.2) is 34.8 Å². The lowest BCUT2D eigenvalue weighted by Crippen LogP contribution is -2.26. The van der Waals surface area contributed by atoms with Crippen LogP contribution in [0.15, 0.2) is 72.2 Å². The number of rotatable bonds is 9. The second-order valence-electron chi connectivity index (χ2n) is 7.41. The average Bonchev–Trinajstić information content (AvgIpc) is 3.30. The predicted octanol–water partition coefficient (Wildman–Crippen LogP) is 5.54. The van der Waals surface area contributed by atoms with E-state index in [9.17, 15) is 5.11 Å². The minimum absolute atomic E-state index is 0.412. The molecule has 0 aliphatic heterocycles. The summed E-state index contributed by atoms with van der Waals surface area (Å²) in [5.74, 6) is 0.798. The number of ether oxygens (including phenoxy) is 1. The van der Waals surface area contributed by atoms with Gasteiger partial charge in [-0.3, -0.25) is 0 Å². The molecule has 7 heteroatoms. The van der Waals surface area contributed by atoms with Gasteiger partial charge in [-0.05, 0) is 37.3 Å². The van der Waals surface area contributed by atoms with Crippen molar-refractivity contribution in [3.8, 4) is 27.6 Å². The zero-order chi connectivity index (χ0) is 22.3. The van der Waals surface area contributed by atoms with Gasteiger partial charge in [-0.25, -0.2) is 9.97 Å². The van der Waals surface area contributed by atoms with Crippen molar-refractivity contribution in [2.45, 2.75) is 13.0 Å². The van der Waals surface area contributed by atoms with Gasteiger partial charge in [0.05, 0.1) is 11.8 Å². The number of aryl methyl sites for hydroxylation is 1. The summed E-state index contributed by atoms with van der Waals surface area (Å²) in [6, 6.07) is 19.8. The highest BCUT2D eigenvalue weighted by molar-refractivity contribution is 7.13. The highest BCUT2D eigenvalue weighted by atomic mass is 35.5. The fourth-order valence-corrected chi connectivity index (χ4v) is 4.09. The molecule has 0 saturated heterocycles. The van der Waals surface area contributed by atoms with Gasteiger partial charge in [0.1, 0.15) is 22.5 Å². The van der Waals surface area contributed by atoms with Gasteiger partial charge in [0.25, 0.3) is 0 Å². The van der Waals surface area contributed by atoms with E-state index in [1.54, 1.807) is 29.7 Å². The van der Waals surface area contributed by atoms with Crippen molar-refractivity contribution in [1.29, 1.82) is 0 Å². The topological polar surface area (TPSA) is 67.3 Å². The van der Waals surface area contributed by atoms with Crippen LogP contribution in [0.5, 0.6) is 5.75 Å². The number of aliphatic hydroxyl groups is 1. The van der Waals surface area contributed by atoms with Crippen LogP contribution in [0, 0.1) is 6.92 Å². The molecular weight excluding hydrogens is 442 g/mol. The van der Waals surface area contributed by atoms with Gasteiger partial charge in [-0.15, -0.1) is 11.3 Å². The summed E-state index contributed by atoms with van der Waals surface area (Å²) < 4.78 is 5.79. The van der Waals surface area contributed by atoms with Gasteiger partial charge in [-0.1, -0.05) is 47.5 Å². The molecule has 0 aliphatic rings. The smallest absolute Gasteiger partial charge is 0.129 e. The molecule has 0 saturated carbocycles. The van der Waals surface area contributed by atoms with Crippen LogP contribution in [-0.2, 0) is 0 Å². The second kappa shape index (κ2) is 10.7. The Morgan fingerprint density at radius 3 is 2.50 bits per heavy atom. The molecule has 2 aromatic carbocycles. The second-order valence-corrected chi connectivity index (χ2v) is 8.66. The third kappa shape index (κ3) is 5.93. The number of benzene rings is 2.